The van der Waals surface area contributed by atoms with E-state index in [-0.39, 0.29) is 54.5 Å². The van der Waals surface area contributed by atoms with E-state index in [9.17, 15) is 18.7 Å². The Morgan fingerprint density at radius 2 is 1.85 bits per heavy atom. The predicted octanol–water partition coefficient (Wildman–Crippen LogP) is 5.60. The zero-order valence-electron chi connectivity index (χ0n) is 22.0. The van der Waals surface area contributed by atoms with Crippen molar-refractivity contribution < 1.29 is 27.8 Å². The van der Waals surface area contributed by atoms with Crippen molar-refractivity contribution in [3.05, 3.63) is 63.7 Å². The second-order valence-corrected chi connectivity index (χ2v) is 13.1. The van der Waals surface area contributed by atoms with Gasteiger partial charge in [0.1, 0.15) is 17.8 Å². The molecule has 216 valence electrons. The van der Waals surface area contributed by atoms with Crippen LogP contribution in [0.15, 0.2) is 41.5 Å². The third kappa shape index (κ3) is 5.77. The quantitative estimate of drug-likeness (QED) is 0.254. The molecule has 1 atom stereocenters. The molecule has 10 nitrogen and oxygen atoms in total. The van der Waals surface area contributed by atoms with Crippen LogP contribution >= 0.6 is 10.6 Å². The smallest absolute Gasteiger partial charge is 0.407 e. The fourth-order valence-electron chi connectivity index (χ4n) is 5.64. The van der Waals surface area contributed by atoms with Gasteiger partial charge in [-0.25, -0.2) is 23.5 Å². The van der Waals surface area contributed by atoms with Crippen molar-refractivity contribution >= 4 is 33.5 Å². The molecule has 2 aliphatic heterocycles. The first kappa shape index (κ1) is 28.2. The zero-order valence-corrected chi connectivity index (χ0v) is 22.8. The van der Waals surface area contributed by atoms with Crippen LogP contribution in [-0.2, 0) is 5.92 Å². The van der Waals surface area contributed by atoms with Gasteiger partial charge in [0.15, 0.2) is 0 Å². The van der Waals surface area contributed by atoms with Gasteiger partial charge in [0.2, 0.25) is 0 Å². The molecule has 1 amide bonds. The van der Waals surface area contributed by atoms with Gasteiger partial charge in [-0.15, -0.1) is 0 Å². The van der Waals surface area contributed by atoms with E-state index in [0.717, 1.165) is 0 Å². The minimum atomic E-state index is -3.11. The molecule has 0 bridgehead atoms. The second kappa shape index (κ2) is 10.9. The first-order valence-corrected chi connectivity index (χ1v) is 15.2. The van der Waals surface area contributed by atoms with Crippen molar-refractivity contribution in [2.45, 2.75) is 50.5 Å². The van der Waals surface area contributed by atoms with E-state index in [2.05, 4.69) is 20.3 Å². The van der Waals surface area contributed by atoms with Crippen LogP contribution in [0.2, 0.25) is 0 Å². The number of H-pyrrole nitrogens is 1. The Morgan fingerprint density at radius 3 is 2.52 bits per heavy atom. The SMILES string of the molecule is CC(Nc1ncnc2[nH]c(=O)c(C3CCS(O)(O)CC3)cc12)c1cccc(C(F)(F)C2CCN(C(=O)O)CC2)c1. The summed E-state index contributed by atoms with van der Waals surface area (Å²) in [4.78, 5) is 36.5. The highest BCUT2D eigenvalue weighted by atomic mass is 32.3. The molecule has 2 aliphatic rings. The molecular weight excluding hydrogens is 544 g/mol. The average Bonchev–Trinajstić information content (AvgIpc) is 2.93. The van der Waals surface area contributed by atoms with Crippen LogP contribution in [0.25, 0.3) is 11.0 Å². The van der Waals surface area contributed by atoms with Crippen molar-refractivity contribution in [1.82, 2.24) is 19.9 Å². The third-order valence-corrected chi connectivity index (χ3v) is 9.89. The molecule has 0 spiro atoms. The lowest BCUT2D eigenvalue weighted by molar-refractivity contribution is -0.0836. The monoisotopic (exact) mass is 577 g/mol. The molecule has 40 heavy (non-hydrogen) atoms. The third-order valence-electron chi connectivity index (χ3n) is 8.11. The number of hydrogen-bond acceptors (Lipinski definition) is 7. The largest absolute Gasteiger partial charge is 0.465 e. The Morgan fingerprint density at radius 1 is 1.15 bits per heavy atom. The Labute approximate surface area is 231 Å². The maximum absolute atomic E-state index is 15.5. The molecule has 0 saturated carbocycles. The highest BCUT2D eigenvalue weighted by molar-refractivity contribution is 8.24. The number of halogens is 2. The number of aromatic nitrogens is 3. The Kier molecular flexibility index (Phi) is 7.73. The van der Waals surface area contributed by atoms with Crippen molar-refractivity contribution in [2.75, 3.05) is 29.9 Å². The molecule has 3 aromatic rings. The van der Waals surface area contributed by atoms with Gasteiger partial charge in [0.25, 0.3) is 11.5 Å². The van der Waals surface area contributed by atoms with Crippen LogP contribution in [0.4, 0.5) is 19.4 Å². The fraction of sp³-hybridized carbons (Fsp3) is 0.481. The van der Waals surface area contributed by atoms with Gasteiger partial charge in [0, 0.05) is 47.7 Å². The molecule has 0 radical (unpaired) electrons. The van der Waals surface area contributed by atoms with Gasteiger partial charge in [-0.1, -0.05) is 18.2 Å². The molecule has 4 heterocycles. The molecule has 2 fully saturated rings. The number of pyridine rings is 1. The van der Waals surface area contributed by atoms with Crippen LogP contribution in [0.1, 0.15) is 61.3 Å². The Hall–Kier alpha value is -3.29. The van der Waals surface area contributed by atoms with E-state index in [4.69, 9.17) is 5.11 Å². The van der Waals surface area contributed by atoms with Crippen LogP contribution in [0.3, 0.4) is 0 Å². The van der Waals surface area contributed by atoms with Crippen LogP contribution in [-0.4, -0.2) is 64.8 Å². The number of alkyl halides is 2. The number of nitrogens with one attached hydrogen (secondary N) is 2. The standard InChI is InChI=1S/C27H33F2N5O5S/c1-16(18-3-2-4-20(13-18)27(28,29)19-5-9-34(10-6-19)26(36)37)32-23-22-14-21(17-7-11-40(38,39)12-8-17)25(35)33-24(22)31-15-30-23/h2-4,13-17,19,38-39H,5-12H2,1H3,(H,36,37)(H2,30,31,32,33,35). The topological polar surface area (TPSA) is 152 Å². The number of aromatic amines is 1. The molecule has 2 saturated heterocycles. The summed E-state index contributed by atoms with van der Waals surface area (Å²) >= 11 is 0. The van der Waals surface area contributed by atoms with Gasteiger partial charge < -0.3 is 20.3 Å². The summed E-state index contributed by atoms with van der Waals surface area (Å²) in [5.74, 6) is -3.25. The molecule has 13 heteroatoms. The molecule has 5 rings (SSSR count). The van der Waals surface area contributed by atoms with Crippen molar-refractivity contribution in [3.8, 4) is 0 Å². The number of hydrogen-bond donors (Lipinski definition) is 5. The number of anilines is 1. The van der Waals surface area contributed by atoms with E-state index < -0.39 is 34.6 Å². The number of fused-ring (bicyclic) bond motifs is 1. The van der Waals surface area contributed by atoms with Crippen LogP contribution in [0, 0.1) is 5.92 Å². The van der Waals surface area contributed by atoms with Gasteiger partial charge in [-0.3, -0.25) is 13.9 Å². The second-order valence-electron chi connectivity index (χ2n) is 10.7. The average molecular weight is 578 g/mol. The van der Waals surface area contributed by atoms with Gasteiger partial charge in [-0.2, -0.15) is 10.6 Å². The van der Waals surface area contributed by atoms with Crippen LogP contribution in [0.5, 0.6) is 0 Å². The summed E-state index contributed by atoms with van der Waals surface area (Å²) in [5, 5.41) is 13.0. The number of likely N-dealkylation sites (tertiary alicyclic amines) is 1. The summed E-state index contributed by atoms with van der Waals surface area (Å²) < 4.78 is 50.9. The maximum Gasteiger partial charge on any atom is 0.407 e. The Bertz CT molecular complexity index is 1450. The van der Waals surface area contributed by atoms with E-state index in [0.29, 0.717) is 40.8 Å². The number of benzene rings is 1. The van der Waals surface area contributed by atoms with E-state index >= 15 is 8.78 Å². The van der Waals surface area contributed by atoms with E-state index in [1.54, 1.807) is 18.2 Å². The van der Waals surface area contributed by atoms with Crippen molar-refractivity contribution in [3.63, 3.8) is 0 Å². The number of amides is 1. The molecular formula is C27H33F2N5O5S. The zero-order chi connectivity index (χ0) is 28.7. The van der Waals surface area contributed by atoms with Crippen molar-refractivity contribution in [1.29, 1.82) is 0 Å². The minimum Gasteiger partial charge on any atom is -0.465 e. The van der Waals surface area contributed by atoms with E-state index in [1.165, 1.54) is 23.4 Å². The maximum atomic E-state index is 15.5. The lowest BCUT2D eigenvalue weighted by Crippen LogP contribution is -2.41. The number of carbonyl (C=O) groups is 1. The normalized spacial score (nSPS) is 20.3. The summed E-state index contributed by atoms with van der Waals surface area (Å²) in [6, 6.07) is 7.53. The fourth-order valence-corrected chi connectivity index (χ4v) is 7.17. The summed E-state index contributed by atoms with van der Waals surface area (Å²) in [6.07, 6.45) is 1.38. The number of carboxylic acid groups (broad SMARTS) is 1. The van der Waals surface area contributed by atoms with E-state index in [1.807, 2.05) is 6.92 Å². The lowest BCUT2D eigenvalue weighted by Gasteiger charge is -2.39. The first-order valence-electron chi connectivity index (χ1n) is 13.3. The lowest BCUT2D eigenvalue weighted by atomic mass is 9.85. The summed E-state index contributed by atoms with van der Waals surface area (Å²) in [6.45, 7) is 2.00. The number of piperidine rings is 1. The summed E-state index contributed by atoms with van der Waals surface area (Å²) in [5.41, 5.74) is 1.09. The Balaban J connectivity index is 1.37. The molecule has 1 unspecified atom stereocenters. The number of rotatable bonds is 6. The number of nitrogens with zero attached hydrogens (tertiary/aromatic N) is 3. The highest BCUT2D eigenvalue weighted by Gasteiger charge is 2.43. The van der Waals surface area contributed by atoms with Gasteiger partial charge >= 0.3 is 6.09 Å². The summed E-state index contributed by atoms with van der Waals surface area (Å²) in [7, 11) is -2.59. The predicted molar refractivity (Wildman–Crippen MR) is 149 cm³/mol. The van der Waals surface area contributed by atoms with Gasteiger partial charge in [0.05, 0.1) is 5.39 Å². The molecule has 0 aliphatic carbocycles. The first-order chi connectivity index (χ1) is 18.9. The molecule has 1 aromatic carbocycles. The van der Waals surface area contributed by atoms with Gasteiger partial charge in [-0.05, 0) is 56.2 Å². The molecule has 5 N–H and O–H groups in total. The van der Waals surface area contributed by atoms with Crippen molar-refractivity contribution in [2.24, 2.45) is 5.92 Å². The molecule has 2 aromatic heterocycles. The minimum absolute atomic E-state index is 0.0843. The highest BCUT2D eigenvalue weighted by Crippen LogP contribution is 2.48. The van der Waals surface area contributed by atoms with Crippen LogP contribution < -0.4 is 10.9 Å².